The highest BCUT2D eigenvalue weighted by atomic mass is 16.6. The molecule has 2 fully saturated rings. The summed E-state index contributed by atoms with van der Waals surface area (Å²) >= 11 is 0. The van der Waals surface area contributed by atoms with E-state index >= 15 is 0 Å². The van der Waals surface area contributed by atoms with Gasteiger partial charge in [0.1, 0.15) is 11.4 Å². The van der Waals surface area contributed by atoms with Gasteiger partial charge in [0.25, 0.3) is 5.69 Å². The molecule has 154 valence electrons. The largest absolute Gasteiger partial charge is 0.444 e. The van der Waals surface area contributed by atoms with Crippen molar-refractivity contribution in [2.75, 3.05) is 18.0 Å². The summed E-state index contributed by atoms with van der Waals surface area (Å²) in [6.07, 6.45) is 2.78. The third kappa shape index (κ3) is 3.97. The maximum atomic E-state index is 12.7. The van der Waals surface area contributed by atoms with E-state index in [0.29, 0.717) is 13.1 Å². The van der Waals surface area contributed by atoms with Crippen LogP contribution < -0.4 is 4.90 Å². The Hall–Kier alpha value is -2.90. The zero-order chi connectivity index (χ0) is 20.8. The Morgan fingerprint density at radius 2 is 1.86 bits per heavy atom. The summed E-state index contributed by atoms with van der Waals surface area (Å²) in [6, 6.07) is 8.70. The van der Waals surface area contributed by atoms with E-state index in [0.717, 1.165) is 36.0 Å². The first-order chi connectivity index (χ1) is 13.7. The Balaban J connectivity index is 1.56. The molecule has 2 saturated heterocycles. The molecular formula is C21H26N4O4. The van der Waals surface area contributed by atoms with Crippen LogP contribution in [0.25, 0.3) is 10.9 Å². The van der Waals surface area contributed by atoms with Crippen LogP contribution in [0.1, 0.15) is 40.0 Å². The van der Waals surface area contributed by atoms with E-state index in [1.807, 2.05) is 37.8 Å². The second-order valence-corrected chi connectivity index (χ2v) is 8.83. The molecule has 0 N–H and O–H groups in total. The Morgan fingerprint density at radius 1 is 1.17 bits per heavy atom. The summed E-state index contributed by atoms with van der Waals surface area (Å²) < 4.78 is 5.64. The molecule has 1 aromatic heterocycles. The third-order valence-corrected chi connectivity index (χ3v) is 5.52. The van der Waals surface area contributed by atoms with Crippen LogP contribution in [0.15, 0.2) is 30.3 Å². The van der Waals surface area contributed by atoms with E-state index in [1.54, 1.807) is 12.1 Å². The number of non-ortho nitro benzene ring substituents is 1. The highest BCUT2D eigenvalue weighted by Crippen LogP contribution is 2.33. The van der Waals surface area contributed by atoms with Gasteiger partial charge in [0.05, 0.1) is 22.5 Å². The van der Waals surface area contributed by atoms with Gasteiger partial charge in [0, 0.05) is 30.6 Å². The van der Waals surface area contributed by atoms with Crippen LogP contribution in [0.5, 0.6) is 0 Å². The first-order valence-corrected chi connectivity index (χ1v) is 10.0. The summed E-state index contributed by atoms with van der Waals surface area (Å²) in [4.78, 5) is 32.2. The molecule has 0 radical (unpaired) electrons. The maximum Gasteiger partial charge on any atom is 0.410 e. The highest BCUT2D eigenvalue weighted by molar-refractivity contribution is 5.82. The lowest BCUT2D eigenvalue weighted by Gasteiger charge is -2.50. The van der Waals surface area contributed by atoms with Crippen molar-refractivity contribution >= 4 is 28.5 Å². The predicted octanol–water partition coefficient (Wildman–Crippen LogP) is 4.12. The van der Waals surface area contributed by atoms with Crippen LogP contribution in [-0.2, 0) is 4.74 Å². The summed E-state index contributed by atoms with van der Waals surface area (Å²) in [7, 11) is 0. The molecule has 0 spiro atoms. The molecule has 0 aliphatic carbocycles. The lowest BCUT2D eigenvalue weighted by atomic mass is 9.91. The topological polar surface area (TPSA) is 88.8 Å². The average Bonchev–Trinajstić information content (AvgIpc) is 2.64. The Labute approximate surface area is 169 Å². The van der Waals surface area contributed by atoms with Gasteiger partial charge in [-0.25, -0.2) is 9.78 Å². The number of hydrogen-bond acceptors (Lipinski definition) is 6. The van der Waals surface area contributed by atoms with Gasteiger partial charge in [-0.15, -0.1) is 0 Å². The van der Waals surface area contributed by atoms with Crippen molar-refractivity contribution in [2.24, 2.45) is 0 Å². The molecule has 1 aromatic carbocycles. The number of piperazine rings is 1. The van der Waals surface area contributed by atoms with Crippen molar-refractivity contribution < 1.29 is 14.5 Å². The third-order valence-electron chi connectivity index (χ3n) is 5.52. The van der Waals surface area contributed by atoms with Crippen molar-refractivity contribution in [2.45, 2.75) is 57.7 Å². The molecule has 2 unspecified atom stereocenters. The number of nitrogens with zero attached hydrogens (tertiary/aromatic N) is 4. The predicted molar refractivity (Wildman–Crippen MR) is 110 cm³/mol. The quantitative estimate of drug-likeness (QED) is 0.558. The number of aromatic nitrogens is 1. The number of hydrogen-bond donors (Lipinski definition) is 0. The van der Waals surface area contributed by atoms with Crippen LogP contribution >= 0.6 is 0 Å². The molecule has 4 rings (SSSR count). The minimum Gasteiger partial charge on any atom is -0.444 e. The second kappa shape index (κ2) is 7.17. The summed E-state index contributed by atoms with van der Waals surface area (Å²) in [6.45, 7) is 7.09. The van der Waals surface area contributed by atoms with Gasteiger partial charge in [-0.2, -0.15) is 0 Å². The molecule has 8 nitrogen and oxygen atoms in total. The number of amides is 1. The maximum absolute atomic E-state index is 12.7. The molecule has 2 bridgehead atoms. The van der Waals surface area contributed by atoms with E-state index in [2.05, 4.69) is 4.90 Å². The van der Waals surface area contributed by atoms with Crippen LogP contribution in [0.3, 0.4) is 0 Å². The molecule has 2 atom stereocenters. The fourth-order valence-corrected chi connectivity index (χ4v) is 4.30. The number of fused-ring (bicyclic) bond motifs is 3. The minimum absolute atomic E-state index is 0.0626. The van der Waals surface area contributed by atoms with Crippen LogP contribution in [0.2, 0.25) is 0 Å². The number of anilines is 1. The molecular weight excluding hydrogens is 372 g/mol. The number of nitro groups is 1. The first kappa shape index (κ1) is 19.4. The number of carbonyl (C=O) groups is 1. The number of ether oxygens (including phenoxy) is 1. The van der Waals surface area contributed by atoms with E-state index in [-0.39, 0.29) is 23.9 Å². The van der Waals surface area contributed by atoms with Gasteiger partial charge in [-0.3, -0.25) is 15.0 Å². The monoisotopic (exact) mass is 398 g/mol. The van der Waals surface area contributed by atoms with Crippen LogP contribution in [-0.4, -0.2) is 51.7 Å². The smallest absolute Gasteiger partial charge is 0.410 e. The van der Waals surface area contributed by atoms with Gasteiger partial charge in [0.15, 0.2) is 0 Å². The molecule has 0 saturated carbocycles. The Kier molecular flexibility index (Phi) is 4.80. The molecule has 2 aliphatic rings. The van der Waals surface area contributed by atoms with E-state index < -0.39 is 10.5 Å². The Morgan fingerprint density at radius 3 is 2.48 bits per heavy atom. The molecule has 3 heterocycles. The van der Waals surface area contributed by atoms with Gasteiger partial charge in [0.2, 0.25) is 0 Å². The van der Waals surface area contributed by atoms with Gasteiger partial charge < -0.3 is 9.64 Å². The number of rotatable bonds is 2. The van der Waals surface area contributed by atoms with Crippen molar-refractivity contribution in [1.29, 1.82) is 0 Å². The van der Waals surface area contributed by atoms with Gasteiger partial charge >= 0.3 is 6.09 Å². The fourth-order valence-electron chi connectivity index (χ4n) is 4.30. The minimum atomic E-state index is -0.509. The molecule has 29 heavy (non-hydrogen) atoms. The molecule has 8 heteroatoms. The van der Waals surface area contributed by atoms with Crippen molar-refractivity contribution in [3.8, 4) is 0 Å². The van der Waals surface area contributed by atoms with E-state index in [9.17, 15) is 14.9 Å². The number of piperidine rings is 1. The number of carbonyl (C=O) groups excluding carboxylic acids is 1. The van der Waals surface area contributed by atoms with Crippen LogP contribution in [0.4, 0.5) is 16.3 Å². The summed E-state index contributed by atoms with van der Waals surface area (Å²) in [5.41, 5.74) is 0.283. The number of pyridine rings is 1. The van der Waals surface area contributed by atoms with Crippen molar-refractivity contribution in [3.05, 3.63) is 40.4 Å². The highest BCUT2D eigenvalue weighted by Gasteiger charge is 2.42. The first-order valence-electron chi connectivity index (χ1n) is 10.0. The lowest BCUT2D eigenvalue weighted by molar-refractivity contribution is -0.384. The summed E-state index contributed by atoms with van der Waals surface area (Å²) in [5, 5.41) is 11.7. The van der Waals surface area contributed by atoms with Crippen molar-refractivity contribution in [3.63, 3.8) is 0 Å². The van der Waals surface area contributed by atoms with Gasteiger partial charge in [-0.1, -0.05) is 0 Å². The van der Waals surface area contributed by atoms with E-state index in [1.165, 1.54) is 6.07 Å². The molecule has 1 amide bonds. The van der Waals surface area contributed by atoms with Gasteiger partial charge in [-0.05, 0) is 58.2 Å². The standard InChI is InChI=1S/C21H26N4O4/c1-21(2,3)29-20(26)24-16-5-4-6-17(24)13-23(12-16)19-10-7-14-11-15(25(27)28)8-9-18(14)22-19/h7-11,16-17H,4-6,12-13H2,1-3H3. The normalized spacial score (nSPS) is 21.9. The number of benzene rings is 1. The van der Waals surface area contributed by atoms with E-state index in [4.69, 9.17) is 9.72 Å². The summed E-state index contributed by atoms with van der Waals surface area (Å²) in [5.74, 6) is 0.840. The fraction of sp³-hybridized carbons (Fsp3) is 0.524. The second-order valence-electron chi connectivity index (χ2n) is 8.83. The zero-order valence-electron chi connectivity index (χ0n) is 17.0. The molecule has 2 aliphatic heterocycles. The van der Waals surface area contributed by atoms with Crippen molar-refractivity contribution in [1.82, 2.24) is 9.88 Å². The zero-order valence-corrected chi connectivity index (χ0v) is 17.0. The SMILES string of the molecule is CC(C)(C)OC(=O)N1C2CCCC1CN(c1ccc3cc([N+](=O)[O-])ccc3n1)C2. The lowest BCUT2D eigenvalue weighted by Crippen LogP contribution is -2.63. The molecule has 2 aromatic rings. The Bertz CT molecular complexity index is 941. The number of nitro benzene ring substituents is 1. The van der Waals surface area contributed by atoms with Crippen LogP contribution in [0, 0.1) is 10.1 Å². The average molecular weight is 398 g/mol.